The number of benzene rings is 1. The van der Waals surface area contributed by atoms with E-state index in [9.17, 15) is 16.8 Å². The van der Waals surface area contributed by atoms with E-state index in [1.807, 2.05) is 37.3 Å². The van der Waals surface area contributed by atoms with Crippen LogP contribution in [0.1, 0.15) is 102 Å². The number of halogens is 1. The third kappa shape index (κ3) is 9.21. The average molecular weight is 722 g/mol. The molecule has 268 valence electrons. The quantitative estimate of drug-likeness (QED) is 0.315. The third-order valence-corrected chi connectivity index (χ3v) is 15.3. The van der Waals surface area contributed by atoms with E-state index in [1.165, 1.54) is 36.1 Å². The van der Waals surface area contributed by atoms with E-state index in [4.69, 9.17) is 11.6 Å². The summed E-state index contributed by atoms with van der Waals surface area (Å²) in [5.74, 6) is 1.19. The Kier molecular flexibility index (Phi) is 12.7. The van der Waals surface area contributed by atoms with Gasteiger partial charge in [0.1, 0.15) is 0 Å². The van der Waals surface area contributed by atoms with Crippen LogP contribution in [0.3, 0.4) is 0 Å². The molecule has 1 aromatic carbocycles. The molecule has 1 saturated carbocycles. The van der Waals surface area contributed by atoms with E-state index >= 15 is 0 Å². The predicted octanol–water partition coefficient (Wildman–Crippen LogP) is 6.28. The summed E-state index contributed by atoms with van der Waals surface area (Å²) in [6.07, 6.45) is 11.7. The van der Waals surface area contributed by atoms with Crippen LogP contribution in [-0.4, -0.2) is 80.9 Å². The Labute approximate surface area is 296 Å². The first-order valence-corrected chi connectivity index (χ1v) is 21.5. The van der Waals surface area contributed by atoms with Gasteiger partial charge < -0.3 is 4.90 Å². The van der Waals surface area contributed by atoms with Gasteiger partial charge in [0.05, 0.1) is 5.25 Å². The second-order valence-corrected chi connectivity index (χ2v) is 19.9. The number of aromatic nitrogens is 1. The topological polar surface area (TPSA) is 81.9 Å². The zero-order chi connectivity index (χ0) is 34.6. The fourth-order valence-corrected chi connectivity index (χ4v) is 12.1. The SMILES string of the molecule is CC(C)c1cc[n+](S(=O)(=O)N2CC[C@H](C)N(S(=O)(=O)C3CCc4cc(Cl)ccc4C3)C[C@H](C)CN(CC3CCCCC3)C[C@@H](C)C2)cc1. The van der Waals surface area contributed by atoms with Crippen LogP contribution in [0.2, 0.25) is 5.02 Å². The van der Waals surface area contributed by atoms with Crippen LogP contribution in [0.25, 0.3) is 0 Å². The fourth-order valence-electron chi connectivity index (χ4n) is 8.15. The predicted molar refractivity (Wildman–Crippen MR) is 195 cm³/mol. The Morgan fingerprint density at radius 3 is 2.17 bits per heavy atom. The lowest BCUT2D eigenvalue weighted by Gasteiger charge is -2.39. The number of fused-ring (bicyclic) bond motifs is 1. The first kappa shape index (κ1) is 37.7. The van der Waals surface area contributed by atoms with Crippen LogP contribution >= 0.6 is 11.6 Å². The molecular formula is C37H58ClN4O4S2+. The largest absolute Gasteiger partial charge is 0.447 e. The number of hydrogen-bond acceptors (Lipinski definition) is 5. The van der Waals surface area contributed by atoms with E-state index < -0.39 is 25.5 Å². The molecule has 11 heteroatoms. The molecule has 1 unspecified atom stereocenters. The van der Waals surface area contributed by atoms with Gasteiger partial charge in [0, 0.05) is 62.5 Å². The highest BCUT2D eigenvalue weighted by atomic mass is 35.5. The Balaban J connectivity index is 1.44. The van der Waals surface area contributed by atoms with E-state index in [0.717, 1.165) is 36.3 Å². The lowest BCUT2D eigenvalue weighted by Crippen LogP contribution is -2.56. The van der Waals surface area contributed by atoms with Crippen molar-refractivity contribution in [1.29, 1.82) is 0 Å². The summed E-state index contributed by atoms with van der Waals surface area (Å²) in [6, 6.07) is 9.19. The van der Waals surface area contributed by atoms with Crippen LogP contribution in [0.4, 0.5) is 0 Å². The maximum Gasteiger partial charge on any atom is 0.447 e. The first-order chi connectivity index (χ1) is 22.7. The van der Waals surface area contributed by atoms with Crippen molar-refractivity contribution in [3.63, 3.8) is 0 Å². The second-order valence-electron chi connectivity index (χ2n) is 15.4. The Morgan fingerprint density at radius 2 is 1.50 bits per heavy atom. The minimum atomic E-state index is -3.86. The summed E-state index contributed by atoms with van der Waals surface area (Å²) in [7, 11) is -7.54. The van der Waals surface area contributed by atoms with Crippen LogP contribution < -0.4 is 3.97 Å². The maximum absolute atomic E-state index is 14.6. The van der Waals surface area contributed by atoms with Crippen molar-refractivity contribution in [3.05, 3.63) is 64.4 Å². The molecule has 0 N–H and O–H groups in total. The molecule has 5 rings (SSSR count). The zero-order valence-corrected chi connectivity index (χ0v) is 32.1. The zero-order valence-electron chi connectivity index (χ0n) is 29.7. The molecule has 1 aliphatic heterocycles. The van der Waals surface area contributed by atoms with Gasteiger partial charge in [0.25, 0.3) is 0 Å². The molecule has 1 aromatic heterocycles. The van der Waals surface area contributed by atoms with Gasteiger partial charge in [-0.1, -0.05) is 68.6 Å². The van der Waals surface area contributed by atoms with Crippen molar-refractivity contribution in [2.45, 2.75) is 110 Å². The van der Waals surface area contributed by atoms with Gasteiger partial charge in [-0.05, 0) is 97.9 Å². The molecule has 4 atom stereocenters. The molecule has 48 heavy (non-hydrogen) atoms. The molecule has 2 fully saturated rings. The maximum atomic E-state index is 14.6. The van der Waals surface area contributed by atoms with Crippen LogP contribution in [0.5, 0.6) is 0 Å². The summed E-state index contributed by atoms with van der Waals surface area (Å²) in [5.41, 5.74) is 3.27. The van der Waals surface area contributed by atoms with Gasteiger partial charge in [-0.2, -0.15) is 4.31 Å². The van der Waals surface area contributed by atoms with Crippen molar-refractivity contribution in [1.82, 2.24) is 13.5 Å². The number of aryl methyl sites for hydroxylation is 1. The van der Waals surface area contributed by atoms with Crippen molar-refractivity contribution in [2.75, 3.05) is 39.3 Å². The molecule has 2 aliphatic carbocycles. The summed E-state index contributed by atoms with van der Waals surface area (Å²) < 4.78 is 62.2. The Bertz CT molecular complexity index is 1580. The van der Waals surface area contributed by atoms with Gasteiger partial charge in [-0.25, -0.2) is 8.42 Å². The summed E-state index contributed by atoms with van der Waals surface area (Å²) in [5, 5.41) is 0.170. The van der Waals surface area contributed by atoms with Crippen LogP contribution in [0, 0.1) is 17.8 Å². The number of sulfonamides is 1. The summed E-state index contributed by atoms with van der Waals surface area (Å²) in [6.45, 7) is 14.1. The standard InChI is InChI=1S/C37H58ClN4O4S2/c1-28(2)33-16-19-40(20-17-33)48(45,46)41-18-15-31(5)42(47(43,44)37-14-12-34-21-36(38)13-11-35(34)22-37)26-30(4)24-39(23-29(3)25-41)27-32-9-7-6-8-10-32/h11,13,16-17,19-21,28-32,37H,6-10,12,14-15,18,22-27H2,1-5H3/q+1/t29-,30-,31+,37?/m1/s1. The van der Waals surface area contributed by atoms with Crippen LogP contribution in [-0.2, 0) is 33.1 Å². The van der Waals surface area contributed by atoms with Crippen molar-refractivity contribution < 1.29 is 20.8 Å². The minimum absolute atomic E-state index is 0.122. The van der Waals surface area contributed by atoms with Crippen LogP contribution in [0.15, 0.2) is 42.7 Å². The van der Waals surface area contributed by atoms with E-state index in [-0.39, 0.29) is 24.4 Å². The highest BCUT2D eigenvalue weighted by Gasteiger charge is 2.40. The average Bonchev–Trinajstić information content (AvgIpc) is 3.04. The second kappa shape index (κ2) is 16.2. The molecule has 2 aromatic rings. The smallest absolute Gasteiger partial charge is 0.302 e. The molecular weight excluding hydrogens is 664 g/mol. The highest BCUT2D eigenvalue weighted by Crippen LogP contribution is 2.32. The molecule has 2 heterocycles. The van der Waals surface area contributed by atoms with Gasteiger partial charge in [-0.15, -0.1) is 12.7 Å². The highest BCUT2D eigenvalue weighted by molar-refractivity contribution is 7.89. The van der Waals surface area contributed by atoms with E-state index in [1.54, 1.807) is 21.0 Å². The number of pyridine rings is 1. The van der Waals surface area contributed by atoms with E-state index in [0.29, 0.717) is 55.6 Å². The molecule has 0 spiro atoms. The lowest BCUT2D eigenvalue weighted by molar-refractivity contribution is -0.516. The third-order valence-electron chi connectivity index (χ3n) is 10.9. The Morgan fingerprint density at radius 1 is 0.833 bits per heavy atom. The molecule has 0 radical (unpaired) electrons. The van der Waals surface area contributed by atoms with Gasteiger partial charge in [0.2, 0.25) is 10.0 Å². The van der Waals surface area contributed by atoms with Crippen molar-refractivity contribution >= 4 is 31.8 Å². The summed E-state index contributed by atoms with van der Waals surface area (Å²) in [4.78, 5) is 2.51. The number of hydrogen-bond donors (Lipinski definition) is 0. The lowest BCUT2D eigenvalue weighted by atomic mass is 9.88. The monoisotopic (exact) mass is 721 g/mol. The normalized spacial score (nSPS) is 26.9. The minimum Gasteiger partial charge on any atom is -0.302 e. The van der Waals surface area contributed by atoms with Gasteiger partial charge in [-0.3, -0.25) is 0 Å². The van der Waals surface area contributed by atoms with E-state index in [2.05, 4.69) is 32.6 Å². The van der Waals surface area contributed by atoms with Crippen molar-refractivity contribution in [2.24, 2.45) is 17.8 Å². The number of rotatable bonds is 7. The summed E-state index contributed by atoms with van der Waals surface area (Å²) >= 11 is 6.25. The molecule has 8 nitrogen and oxygen atoms in total. The Hall–Kier alpha value is -1.56. The fraction of sp³-hybridized carbons (Fsp3) is 0.703. The first-order valence-electron chi connectivity index (χ1n) is 18.3. The van der Waals surface area contributed by atoms with Crippen molar-refractivity contribution in [3.8, 4) is 0 Å². The molecule has 3 aliphatic rings. The van der Waals surface area contributed by atoms with Gasteiger partial charge >= 0.3 is 10.2 Å². The van der Waals surface area contributed by atoms with Gasteiger partial charge in [0.15, 0.2) is 12.4 Å². The molecule has 0 bridgehead atoms. The molecule has 1 saturated heterocycles. The number of nitrogens with zero attached hydrogens (tertiary/aromatic N) is 4. The molecule has 0 amide bonds.